The normalized spacial score (nSPS) is 10.2. The van der Waals surface area contributed by atoms with E-state index in [1.54, 1.807) is 7.05 Å². The first-order chi connectivity index (χ1) is 8.54. The Hall–Kier alpha value is -1.55. The molecule has 0 saturated heterocycles. The molecular formula is C14H22N2O2. The van der Waals surface area contributed by atoms with Gasteiger partial charge in [-0.2, -0.15) is 0 Å². The molecule has 4 heteroatoms. The molecule has 1 aromatic carbocycles. The lowest BCUT2D eigenvalue weighted by Gasteiger charge is -2.11. The smallest absolute Gasteiger partial charge is 0.234 e. The van der Waals surface area contributed by atoms with Crippen molar-refractivity contribution in [3.8, 4) is 5.75 Å². The monoisotopic (exact) mass is 250 g/mol. The van der Waals surface area contributed by atoms with Gasteiger partial charge in [0.05, 0.1) is 6.61 Å². The van der Waals surface area contributed by atoms with E-state index in [1.807, 2.05) is 6.92 Å². The van der Waals surface area contributed by atoms with E-state index >= 15 is 0 Å². The number of rotatable bonds is 6. The van der Waals surface area contributed by atoms with Crippen LogP contribution in [0.25, 0.3) is 0 Å². The largest absolute Gasteiger partial charge is 0.493 e. The van der Waals surface area contributed by atoms with Gasteiger partial charge < -0.3 is 4.74 Å². The van der Waals surface area contributed by atoms with E-state index in [1.165, 1.54) is 11.1 Å². The summed E-state index contributed by atoms with van der Waals surface area (Å²) < 4.78 is 5.70. The quantitative estimate of drug-likeness (QED) is 0.600. The summed E-state index contributed by atoms with van der Waals surface area (Å²) in [6, 6.07) is 4.18. The zero-order chi connectivity index (χ0) is 13.5. The fourth-order valence-electron chi connectivity index (χ4n) is 1.71. The predicted molar refractivity (Wildman–Crippen MR) is 72.6 cm³/mol. The van der Waals surface area contributed by atoms with Gasteiger partial charge in [0.1, 0.15) is 5.75 Å². The molecule has 2 N–H and O–H groups in total. The van der Waals surface area contributed by atoms with Gasteiger partial charge in [0, 0.05) is 13.5 Å². The molecule has 4 nitrogen and oxygen atoms in total. The van der Waals surface area contributed by atoms with Gasteiger partial charge in [-0.15, -0.1) is 0 Å². The second-order valence-corrected chi connectivity index (χ2v) is 4.45. The van der Waals surface area contributed by atoms with Crippen LogP contribution < -0.4 is 15.6 Å². The Morgan fingerprint density at radius 1 is 1.17 bits per heavy atom. The summed E-state index contributed by atoms with van der Waals surface area (Å²) in [6.45, 7) is 6.76. The maximum absolute atomic E-state index is 11.2. The van der Waals surface area contributed by atoms with Crippen LogP contribution in [0.5, 0.6) is 5.75 Å². The fraction of sp³-hybridized carbons (Fsp3) is 0.500. The van der Waals surface area contributed by atoms with E-state index < -0.39 is 0 Å². The standard InChI is InChI=1S/C14H22N2O2/c1-10-8-12(3)13(9-11(10)2)18-7-5-6-14(17)16-15-4/h8-9,15H,5-7H2,1-4H3,(H,16,17). The zero-order valence-electron chi connectivity index (χ0n) is 11.6. The van der Waals surface area contributed by atoms with Crippen LogP contribution >= 0.6 is 0 Å². The maximum Gasteiger partial charge on any atom is 0.234 e. The lowest BCUT2D eigenvalue weighted by atomic mass is 10.1. The second-order valence-electron chi connectivity index (χ2n) is 4.45. The molecular weight excluding hydrogens is 228 g/mol. The molecule has 0 aliphatic rings. The summed E-state index contributed by atoms with van der Waals surface area (Å²) >= 11 is 0. The van der Waals surface area contributed by atoms with Crippen molar-refractivity contribution in [2.75, 3.05) is 13.7 Å². The number of amides is 1. The molecule has 1 rings (SSSR count). The molecule has 0 aromatic heterocycles. The van der Waals surface area contributed by atoms with Crippen molar-refractivity contribution >= 4 is 5.91 Å². The van der Waals surface area contributed by atoms with E-state index in [9.17, 15) is 4.79 Å². The molecule has 0 aliphatic heterocycles. The highest BCUT2D eigenvalue weighted by molar-refractivity contribution is 5.75. The van der Waals surface area contributed by atoms with Crippen LogP contribution in [0, 0.1) is 20.8 Å². The minimum absolute atomic E-state index is 0.0158. The van der Waals surface area contributed by atoms with Crippen LogP contribution in [-0.4, -0.2) is 19.6 Å². The highest BCUT2D eigenvalue weighted by Gasteiger charge is 2.04. The van der Waals surface area contributed by atoms with E-state index in [-0.39, 0.29) is 5.91 Å². The predicted octanol–water partition coefficient (Wildman–Crippen LogP) is 2.02. The molecule has 0 atom stereocenters. The van der Waals surface area contributed by atoms with Crippen molar-refractivity contribution < 1.29 is 9.53 Å². The first-order valence-corrected chi connectivity index (χ1v) is 6.21. The molecule has 0 bridgehead atoms. The number of hydrogen-bond acceptors (Lipinski definition) is 3. The van der Waals surface area contributed by atoms with Gasteiger partial charge in [-0.1, -0.05) is 6.07 Å². The van der Waals surface area contributed by atoms with Gasteiger partial charge in [0.15, 0.2) is 0 Å². The van der Waals surface area contributed by atoms with E-state index in [0.29, 0.717) is 19.4 Å². The number of nitrogens with one attached hydrogen (secondary N) is 2. The van der Waals surface area contributed by atoms with E-state index in [2.05, 4.69) is 36.8 Å². The first kappa shape index (κ1) is 14.5. The summed E-state index contributed by atoms with van der Waals surface area (Å²) in [5.74, 6) is 0.894. The Kier molecular flexibility index (Phi) is 5.65. The molecule has 18 heavy (non-hydrogen) atoms. The minimum atomic E-state index is -0.0158. The van der Waals surface area contributed by atoms with Gasteiger partial charge in [-0.3, -0.25) is 10.2 Å². The molecule has 0 aliphatic carbocycles. The summed E-state index contributed by atoms with van der Waals surface area (Å²) in [7, 11) is 1.67. The van der Waals surface area contributed by atoms with E-state index in [0.717, 1.165) is 11.3 Å². The zero-order valence-corrected chi connectivity index (χ0v) is 11.6. The fourth-order valence-corrected chi connectivity index (χ4v) is 1.71. The van der Waals surface area contributed by atoms with E-state index in [4.69, 9.17) is 4.74 Å². The van der Waals surface area contributed by atoms with Crippen LogP contribution in [0.3, 0.4) is 0 Å². The number of carbonyl (C=O) groups excluding carboxylic acids is 1. The third-order valence-electron chi connectivity index (χ3n) is 2.86. The van der Waals surface area contributed by atoms with Crippen LogP contribution in [0.1, 0.15) is 29.5 Å². The number of ether oxygens (including phenoxy) is 1. The van der Waals surface area contributed by atoms with Gasteiger partial charge in [0.2, 0.25) is 5.91 Å². The van der Waals surface area contributed by atoms with Crippen molar-refractivity contribution in [1.29, 1.82) is 0 Å². The van der Waals surface area contributed by atoms with Gasteiger partial charge in [-0.05, 0) is 49.9 Å². The Morgan fingerprint density at radius 3 is 2.50 bits per heavy atom. The molecule has 1 amide bonds. The first-order valence-electron chi connectivity index (χ1n) is 6.21. The molecule has 0 unspecified atom stereocenters. The highest BCUT2D eigenvalue weighted by Crippen LogP contribution is 2.22. The molecule has 0 radical (unpaired) electrons. The van der Waals surface area contributed by atoms with Crippen LogP contribution in [0.15, 0.2) is 12.1 Å². The van der Waals surface area contributed by atoms with Gasteiger partial charge in [0.25, 0.3) is 0 Å². The van der Waals surface area contributed by atoms with Crippen molar-refractivity contribution in [2.24, 2.45) is 0 Å². The number of hydrazine groups is 1. The summed E-state index contributed by atoms with van der Waals surface area (Å²) in [6.07, 6.45) is 1.17. The average molecular weight is 250 g/mol. The molecule has 0 heterocycles. The number of hydrogen-bond donors (Lipinski definition) is 2. The van der Waals surface area contributed by atoms with Crippen molar-refractivity contribution in [3.63, 3.8) is 0 Å². The topological polar surface area (TPSA) is 50.4 Å². The average Bonchev–Trinajstić information content (AvgIpc) is 2.31. The third-order valence-corrected chi connectivity index (χ3v) is 2.86. The number of benzene rings is 1. The molecule has 1 aromatic rings. The Bertz CT molecular complexity index is 417. The second kappa shape index (κ2) is 7.01. The number of carbonyl (C=O) groups is 1. The summed E-state index contributed by atoms with van der Waals surface area (Å²) in [5, 5.41) is 0. The van der Waals surface area contributed by atoms with Gasteiger partial charge >= 0.3 is 0 Å². The minimum Gasteiger partial charge on any atom is -0.493 e. The number of aryl methyl sites for hydroxylation is 3. The van der Waals surface area contributed by atoms with Crippen LogP contribution in [0.2, 0.25) is 0 Å². The third kappa shape index (κ3) is 4.37. The van der Waals surface area contributed by atoms with Crippen molar-refractivity contribution in [2.45, 2.75) is 33.6 Å². The Labute approximate surface area is 109 Å². The Morgan fingerprint density at radius 2 is 1.83 bits per heavy atom. The van der Waals surface area contributed by atoms with Crippen molar-refractivity contribution in [3.05, 3.63) is 28.8 Å². The molecule has 0 saturated carbocycles. The van der Waals surface area contributed by atoms with Crippen molar-refractivity contribution in [1.82, 2.24) is 10.9 Å². The lowest BCUT2D eigenvalue weighted by Crippen LogP contribution is -2.34. The lowest BCUT2D eigenvalue weighted by molar-refractivity contribution is -0.122. The maximum atomic E-state index is 11.2. The summed E-state index contributed by atoms with van der Waals surface area (Å²) in [5.41, 5.74) is 8.77. The highest BCUT2D eigenvalue weighted by atomic mass is 16.5. The van der Waals surface area contributed by atoms with Crippen LogP contribution in [0.4, 0.5) is 0 Å². The van der Waals surface area contributed by atoms with Crippen LogP contribution in [-0.2, 0) is 4.79 Å². The molecule has 0 fully saturated rings. The molecule has 0 spiro atoms. The Balaban J connectivity index is 2.40. The SMILES string of the molecule is CNNC(=O)CCCOc1cc(C)c(C)cc1C. The molecule has 100 valence electrons. The van der Waals surface area contributed by atoms with Gasteiger partial charge in [-0.25, -0.2) is 5.43 Å². The summed E-state index contributed by atoms with van der Waals surface area (Å²) in [4.78, 5) is 11.2.